The average molecular weight is 398 g/mol. The minimum absolute atomic E-state index is 0.0135. The molecule has 0 amide bonds. The summed E-state index contributed by atoms with van der Waals surface area (Å²) in [6, 6.07) is 7.83. The summed E-state index contributed by atoms with van der Waals surface area (Å²) in [4.78, 5) is 11.7. The molecule has 1 fully saturated rings. The molecule has 2 heterocycles. The van der Waals surface area contributed by atoms with Crippen molar-refractivity contribution in [3.05, 3.63) is 29.8 Å². The fraction of sp³-hybridized carbons (Fsp3) is 0.500. The summed E-state index contributed by atoms with van der Waals surface area (Å²) in [7, 11) is 1.64. The van der Waals surface area contributed by atoms with Gasteiger partial charge in [0.1, 0.15) is 11.9 Å². The number of ether oxygens (including phenoxy) is 3. The molecule has 0 aromatic heterocycles. The molecule has 2 aliphatic rings. The van der Waals surface area contributed by atoms with E-state index < -0.39 is 12.4 Å². The highest BCUT2D eigenvalue weighted by atomic mass is 79.9. The van der Waals surface area contributed by atoms with Gasteiger partial charge in [0, 0.05) is 12.6 Å². The molecule has 4 unspecified atom stereocenters. The molecular formula is C16H20BrN3O4. The normalized spacial score (nSPS) is 28.4. The number of nitrogens with one attached hydrogen (secondary N) is 1. The van der Waals surface area contributed by atoms with Gasteiger partial charge in [0.15, 0.2) is 6.23 Å². The van der Waals surface area contributed by atoms with Gasteiger partial charge in [-0.1, -0.05) is 28.1 Å². The summed E-state index contributed by atoms with van der Waals surface area (Å²) in [6.07, 6.45) is 1.20. The second-order valence-electron chi connectivity index (χ2n) is 5.51. The Balaban J connectivity index is 1.79. The second kappa shape index (κ2) is 7.40. The van der Waals surface area contributed by atoms with E-state index in [9.17, 15) is 4.79 Å². The number of carbonyl (C=O) groups excluding carboxylic acids is 1. The number of hydrogen-bond donors (Lipinski definition) is 1. The minimum atomic E-state index is -0.665. The Morgan fingerprint density at radius 3 is 2.83 bits per heavy atom. The van der Waals surface area contributed by atoms with Crippen molar-refractivity contribution in [3.8, 4) is 5.75 Å². The standard InChI is InChI=1S/C16H20BrN3O4/c1-3-23-16(21)24-14-8-13(10-4-6-11(22-2)7-5-10)20-15(19-14)12(17)9-18-20/h4-7,9,12-15,19H,3,8H2,1-2H3. The predicted molar refractivity (Wildman–Crippen MR) is 92.2 cm³/mol. The zero-order valence-corrected chi connectivity index (χ0v) is 15.1. The molecule has 1 aromatic carbocycles. The number of alkyl halides is 1. The Morgan fingerprint density at radius 1 is 1.42 bits per heavy atom. The van der Waals surface area contributed by atoms with E-state index in [1.165, 1.54) is 0 Å². The van der Waals surface area contributed by atoms with Crippen LogP contribution in [0.4, 0.5) is 4.79 Å². The minimum Gasteiger partial charge on any atom is -0.497 e. The number of methoxy groups -OCH3 is 1. The number of benzene rings is 1. The van der Waals surface area contributed by atoms with Gasteiger partial charge in [-0.05, 0) is 24.6 Å². The molecule has 0 aliphatic carbocycles. The Morgan fingerprint density at radius 2 is 2.17 bits per heavy atom. The van der Waals surface area contributed by atoms with Crippen molar-refractivity contribution < 1.29 is 19.0 Å². The molecule has 0 radical (unpaired) electrons. The molecule has 8 heteroatoms. The van der Waals surface area contributed by atoms with Crippen molar-refractivity contribution in [2.45, 2.75) is 36.6 Å². The topological polar surface area (TPSA) is 72.4 Å². The molecule has 24 heavy (non-hydrogen) atoms. The number of hydrazone groups is 1. The van der Waals surface area contributed by atoms with Gasteiger partial charge in [-0.25, -0.2) is 4.79 Å². The highest BCUT2D eigenvalue weighted by Gasteiger charge is 2.42. The summed E-state index contributed by atoms with van der Waals surface area (Å²) in [6.45, 7) is 2.03. The van der Waals surface area contributed by atoms with Crippen LogP contribution in [0.1, 0.15) is 24.9 Å². The first-order valence-electron chi connectivity index (χ1n) is 7.82. The van der Waals surface area contributed by atoms with Crippen molar-refractivity contribution in [1.29, 1.82) is 0 Å². The fourth-order valence-electron chi connectivity index (χ4n) is 2.92. The van der Waals surface area contributed by atoms with Crippen LogP contribution in [0.25, 0.3) is 0 Å². The summed E-state index contributed by atoms with van der Waals surface area (Å²) in [5, 5.41) is 9.76. The highest BCUT2D eigenvalue weighted by molar-refractivity contribution is 9.10. The fourth-order valence-corrected chi connectivity index (χ4v) is 3.42. The van der Waals surface area contributed by atoms with Gasteiger partial charge in [-0.15, -0.1) is 0 Å². The first-order valence-corrected chi connectivity index (χ1v) is 8.74. The molecule has 1 saturated heterocycles. The number of fused-ring (bicyclic) bond motifs is 1. The summed E-state index contributed by atoms with van der Waals surface area (Å²) in [5.41, 5.74) is 1.08. The van der Waals surface area contributed by atoms with E-state index in [4.69, 9.17) is 14.2 Å². The van der Waals surface area contributed by atoms with Crippen LogP contribution >= 0.6 is 15.9 Å². The Hall–Kier alpha value is -1.80. The monoisotopic (exact) mass is 397 g/mol. The lowest BCUT2D eigenvalue weighted by Gasteiger charge is -2.42. The number of nitrogens with zero attached hydrogens (tertiary/aromatic N) is 2. The van der Waals surface area contributed by atoms with Crippen molar-refractivity contribution in [2.75, 3.05) is 13.7 Å². The van der Waals surface area contributed by atoms with E-state index >= 15 is 0 Å². The van der Waals surface area contributed by atoms with Crippen molar-refractivity contribution >= 4 is 28.3 Å². The van der Waals surface area contributed by atoms with Crippen LogP contribution in [0.5, 0.6) is 5.75 Å². The zero-order valence-electron chi connectivity index (χ0n) is 13.5. The van der Waals surface area contributed by atoms with Gasteiger partial charge in [0.25, 0.3) is 0 Å². The lowest BCUT2D eigenvalue weighted by Crippen LogP contribution is -2.57. The molecule has 1 aromatic rings. The predicted octanol–water partition coefficient (Wildman–Crippen LogP) is 2.62. The first kappa shape index (κ1) is 17.0. The largest absolute Gasteiger partial charge is 0.509 e. The molecule has 7 nitrogen and oxygen atoms in total. The van der Waals surface area contributed by atoms with Crippen LogP contribution in [-0.2, 0) is 9.47 Å². The van der Waals surface area contributed by atoms with E-state index in [1.54, 1.807) is 14.0 Å². The maximum Gasteiger partial charge on any atom is 0.509 e. The van der Waals surface area contributed by atoms with Crippen LogP contribution in [0.15, 0.2) is 29.4 Å². The van der Waals surface area contributed by atoms with Crippen molar-refractivity contribution in [3.63, 3.8) is 0 Å². The molecule has 0 saturated carbocycles. The lowest BCUT2D eigenvalue weighted by atomic mass is 9.99. The molecule has 1 N–H and O–H groups in total. The number of hydrogen-bond acceptors (Lipinski definition) is 7. The van der Waals surface area contributed by atoms with E-state index in [1.807, 2.05) is 35.5 Å². The quantitative estimate of drug-likeness (QED) is 0.621. The van der Waals surface area contributed by atoms with Crippen molar-refractivity contribution in [1.82, 2.24) is 10.3 Å². The van der Waals surface area contributed by atoms with E-state index in [0.717, 1.165) is 11.3 Å². The Kier molecular flexibility index (Phi) is 5.25. The number of rotatable bonds is 4. The van der Waals surface area contributed by atoms with Crippen LogP contribution in [0.3, 0.4) is 0 Å². The number of halogens is 1. The van der Waals surface area contributed by atoms with Crippen LogP contribution < -0.4 is 10.1 Å². The number of carbonyl (C=O) groups is 1. The average Bonchev–Trinajstić information content (AvgIpc) is 2.96. The van der Waals surface area contributed by atoms with Gasteiger partial charge < -0.3 is 14.2 Å². The summed E-state index contributed by atoms with van der Waals surface area (Å²) >= 11 is 3.58. The molecule has 0 spiro atoms. The lowest BCUT2D eigenvalue weighted by molar-refractivity contribution is -0.0497. The van der Waals surface area contributed by atoms with Gasteiger partial charge in [-0.3, -0.25) is 10.3 Å². The van der Waals surface area contributed by atoms with E-state index in [2.05, 4.69) is 26.3 Å². The maximum absolute atomic E-state index is 11.7. The zero-order chi connectivity index (χ0) is 17.1. The summed E-state index contributed by atoms with van der Waals surface area (Å²) < 4.78 is 15.5. The van der Waals surface area contributed by atoms with Crippen molar-refractivity contribution in [2.24, 2.45) is 5.10 Å². The molecule has 2 aliphatic heterocycles. The Labute approximate surface area is 149 Å². The van der Waals surface area contributed by atoms with Gasteiger partial charge >= 0.3 is 6.16 Å². The van der Waals surface area contributed by atoms with E-state index in [0.29, 0.717) is 6.42 Å². The smallest absolute Gasteiger partial charge is 0.497 e. The molecular weight excluding hydrogens is 378 g/mol. The molecule has 3 rings (SSSR count). The SMILES string of the molecule is CCOC(=O)OC1CC(c2ccc(OC)cc2)N2N=CC(Br)C2N1. The van der Waals surface area contributed by atoms with Crippen LogP contribution in [-0.4, -0.2) is 48.3 Å². The van der Waals surface area contributed by atoms with Crippen LogP contribution in [0, 0.1) is 0 Å². The van der Waals surface area contributed by atoms with E-state index in [-0.39, 0.29) is 23.6 Å². The Bertz CT molecular complexity index is 610. The highest BCUT2D eigenvalue weighted by Crippen LogP contribution is 2.36. The summed E-state index contributed by atoms with van der Waals surface area (Å²) in [5.74, 6) is 0.798. The molecule has 130 valence electrons. The maximum atomic E-state index is 11.7. The third-order valence-corrected chi connectivity index (χ3v) is 4.78. The molecule has 0 bridgehead atoms. The molecule has 4 atom stereocenters. The second-order valence-corrected chi connectivity index (χ2v) is 6.57. The van der Waals surface area contributed by atoms with Gasteiger partial charge in [-0.2, -0.15) is 5.10 Å². The van der Waals surface area contributed by atoms with Crippen LogP contribution in [0.2, 0.25) is 0 Å². The third-order valence-electron chi connectivity index (χ3n) is 4.04. The third kappa shape index (κ3) is 3.49. The first-order chi connectivity index (χ1) is 11.6. The van der Waals surface area contributed by atoms with Gasteiger partial charge in [0.05, 0.1) is 24.6 Å². The van der Waals surface area contributed by atoms with Gasteiger partial charge in [0.2, 0.25) is 0 Å².